The highest BCUT2D eigenvalue weighted by Crippen LogP contribution is 2.24. The van der Waals surface area contributed by atoms with Crippen molar-refractivity contribution in [3.63, 3.8) is 0 Å². The van der Waals surface area contributed by atoms with Gasteiger partial charge in [0, 0.05) is 35.7 Å². The molecular weight excluding hydrogens is 332 g/mol. The van der Waals surface area contributed by atoms with E-state index in [0.717, 1.165) is 43.3 Å². The van der Waals surface area contributed by atoms with Gasteiger partial charge in [0.25, 0.3) is 0 Å². The summed E-state index contributed by atoms with van der Waals surface area (Å²) in [5.74, 6) is 3.29. The molecule has 3 rings (SSSR count). The molecule has 0 aliphatic carbocycles. The smallest absolute Gasteiger partial charge is 0.0949 e. The molecule has 27 heavy (non-hydrogen) atoms. The summed E-state index contributed by atoms with van der Waals surface area (Å²) in [6.45, 7) is 12.5. The van der Waals surface area contributed by atoms with Crippen molar-refractivity contribution < 1.29 is 0 Å². The monoisotopic (exact) mass is 360 g/mol. The van der Waals surface area contributed by atoms with Crippen molar-refractivity contribution in [3.05, 3.63) is 59.5 Å². The van der Waals surface area contributed by atoms with Crippen molar-refractivity contribution in [1.29, 1.82) is 0 Å². The van der Waals surface area contributed by atoms with Crippen LogP contribution in [0.3, 0.4) is 0 Å². The van der Waals surface area contributed by atoms with Crippen LogP contribution in [0.25, 0.3) is 10.9 Å². The zero-order valence-corrected chi connectivity index (χ0v) is 16.7. The largest absolute Gasteiger partial charge is 0.334 e. The van der Waals surface area contributed by atoms with E-state index in [4.69, 9.17) is 0 Å². The number of pyridine rings is 1. The summed E-state index contributed by atoms with van der Waals surface area (Å²) in [5.41, 5.74) is 5.56. The van der Waals surface area contributed by atoms with Gasteiger partial charge in [0.15, 0.2) is 0 Å². The van der Waals surface area contributed by atoms with Crippen LogP contribution < -0.4 is 5.32 Å². The highest BCUT2D eigenvalue weighted by Gasteiger charge is 2.11. The van der Waals surface area contributed by atoms with Crippen LogP contribution in [-0.4, -0.2) is 27.5 Å². The fourth-order valence-electron chi connectivity index (χ4n) is 3.33. The van der Waals surface area contributed by atoms with Gasteiger partial charge in [-0.1, -0.05) is 26.0 Å². The van der Waals surface area contributed by atoms with Crippen molar-refractivity contribution in [1.82, 2.24) is 14.5 Å². The Morgan fingerprint density at radius 3 is 2.59 bits per heavy atom. The van der Waals surface area contributed by atoms with Crippen molar-refractivity contribution in [2.75, 3.05) is 18.4 Å². The average molecular weight is 361 g/mol. The van der Waals surface area contributed by atoms with Crippen LogP contribution in [0.15, 0.2) is 42.6 Å². The van der Waals surface area contributed by atoms with Crippen molar-refractivity contribution in [2.45, 2.75) is 40.8 Å². The molecule has 0 aliphatic heterocycles. The minimum Gasteiger partial charge on any atom is -0.334 e. The van der Waals surface area contributed by atoms with E-state index in [2.05, 4.69) is 76.8 Å². The van der Waals surface area contributed by atoms with Crippen molar-refractivity contribution in [3.8, 4) is 12.0 Å². The number of fused-ring (bicyclic) bond motifs is 1. The van der Waals surface area contributed by atoms with Gasteiger partial charge >= 0.3 is 0 Å². The molecule has 0 amide bonds. The second-order valence-corrected chi connectivity index (χ2v) is 6.65. The zero-order chi connectivity index (χ0) is 19.2. The number of hydrogen-bond acceptors (Lipinski definition) is 3. The number of aromatic nitrogens is 2. The average Bonchev–Trinajstić information content (AvgIpc) is 3.05. The van der Waals surface area contributed by atoms with E-state index in [9.17, 15) is 0 Å². The summed E-state index contributed by atoms with van der Waals surface area (Å²) in [6, 6.07) is 15.9. The maximum absolute atomic E-state index is 4.29. The lowest BCUT2D eigenvalue weighted by Crippen LogP contribution is -2.22. The summed E-state index contributed by atoms with van der Waals surface area (Å²) in [5, 5.41) is 4.43. The Hall–Kier alpha value is -2.77. The van der Waals surface area contributed by atoms with E-state index < -0.39 is 0 Å². The fourth-order valence-corrected chi connectivity index (χ4v) is 3.33. The third-order valence-corrected chi connectivity index (χ3v) is 4.95. The first kappa shape index (κ1) is 19.0. The van der Waals surface area contributed by atoms with Crippen LogP contribution in [0, 0.1) is 18.9 Å². The number of anilines is 1. The molecule has 0 spiro atoms. The van der Waals surface area contributed by atoms with Gasteiger partial charge in [-0.15, -0.1) is 0 Å². The second kappa shape index (κ2) is 8.75. The summed E-state index contributed by atoms with van der Waals surface area (Å²) in [4.78, 5) is 6.73. The Morgan fingerprint density at radius 1 is 1.11 bits per heavy atom. The molecule has 0 bridgehead atoms. The molecule has 4 heteroatoms. The molecule has 0 saturated heterocycles. The molecule has 0 saturated carbocycles. The first-order valence-electron chi connectivity index (χ1n) is 9.69. The lowest BCUT2D eigenvalue weighted by molar-refractivity contribution is 0.297. The molecule has 1 aromatic carbocycles. The van der Waals surface area contributed by atoms with E-state index in [-0.39, 0.29) is 0 Å². The maximum Gasteiger partial charge on any atom is 0.0949 e. The highest BCUT2D eigenvalue weighted by atomic mass is 15.1. The third-order valence-electron chi connectivity index (χ3n) is 4.95. The molecule has 2 heterocycles. The second-order valence-electron chi connectivity index (χ2n) is 6.65. The molecule has 2 aromatic heterocycles. The molecular formula is C23H28N4. The van der Waals surface area contributed by atoms with Gasteiger partial charge < -0.3 is 9.88 Å². The Morgan fingerprint density at radius 2 is 1.93 bits per heavy atom. The summed E-state index contributed by atoms with van der Waals surface area (Å²) < 4.78 is 2.28. The molecule has 0 unspecified atom stereocenters. The number of benzene rings is 1. The maximum atomic E-state index is 4.29. The van der Waals surface area contributed by atoms with Gasteiger partial charge in [-0.25, -0.2) is 0 Å². The lowest BCUT2D eigenvalue weighted by atomic mass is 10.1. The predicted octanol–water partition coefficient (Wildman–Crippen LogP) is 4.63. The quantitative estimate of drug-likeness (QED) is 0.514. The van der Waals surface area contributed by atoms with Crippen LogP contribution in [0.1, 0.15) is 37.7 Å². The van der Waals surface area contributed by atoms with E-state index in [0.29, 0.717) is 0 Å². The topological polar surface area (TPSA) is 33.1 Å². The molecule has 0 aliphatic rings. The van der Waals surface area contributed by atoms with Gasteiger partial charge in [-0.05, 0) is 62.7 Å². The SMILES string of the molecule is CCN(CC)Cc1cccc2c1cc(C#CNc1ccc(C)nc1)n2CC. The van der Waals surface area contributed by atoms with E-state index in [1.54, 1.807) is 0 Å². The molecule has 140 valence electrons. The van der Waals surface area contributed by atoms with Gasteiger partial charge in [0.2, 0.25) is 0 Å². The zero-order valence-electron chi connectivity index (χ0n) is 16.7. The van der Waals surface area contributed by atoms with Gasteiger partial charge in [0.05, 0.1) is 17.6 Å². The van der Waals surface area contributed by atoms with E-state index >= 15 is 0 Å². The number of rotatable bonds is 6. The van der Waals surface area contributed by atoms with Crippen LogP contribution in [0.4, 0.5) is 5.69 Å². The number of aryl methyl sites for hydroxylation is 2. The Bertz CT molecular complexity index is 954. The van der Waals surface area contributed by atoms with Crippen molar-refractivity contribution in [2.24, 2.45) is 0 Å². The summed E-state index contributed by atoms with van der Waals surface area (Å²) >= 11 is 0. The molecule has 0 radical (unpaired) electrons. The van der Waals surface area contributed by atoms with Crippen molar-refractivity contribution >= 4 is 16.6 Å². The third kappa shape index (κ3) is 4.32. The lowest BCUT2D eigenvalue weighted by Gasteiger charge is -2.18. The fraction of sp³-hybridized carbons (Fsp3) is 0.348. The van der Waals surface area contributed by atoms with E-state index in [1.807, 2.05) is 25.3 Å². The van der Waals surface area contributed by atoms with Gasteiger partial charge in [-0.3, -0.25) is 9.88 Å². The number of nitrogens with zero attached hydrogens (tertiary/aromatic N) is 3. The first-order valence-corrected chi connectivity index (χ1v) is 9.69. The van der Waals surface area contributed by atoms with Gasteiger partial charge in [-0.2, -0.15) is 0 Å². The highest BCUT2D eigenvalue weighted by molar-refractivity contribution is 5.86. The molecule has 0 fully saturated rings. The Kier molecular flexibility index (Phi) is 6.16. The normalized spacial score (nSPS) is 10.9. The molecule has 3 aromatic rings. The Balaban J connectivity index is 1.92. The summed E-state index contributed by atoms with van der Waals surface area (Å²) in [7, 11) is 0. The van der Waals surface area contributed by atoms with Crippen LogP contribution in [-0.2, 0) is 13.1 Å². The number of nitrogens with one attached hydrogen (secondary N) is 1. The molecule has 1 N–H and O–H groups in total. The summed E-state index contributed by atoms with van der Waals surface area (Å²) in [6.07, 6.45) is 1.81. The van der Waals surface area contributed by atoms with Crippen LogP contribution in [0.2, 0.25) is 0 Å². The van der Waals surface area contributed by atoms with Gasteiger partial charge in [0.1, 0.15) is 0 Å². The molecule has 0 atom stereocenters. The predicted molar refractivity (Wildman–Crippen MR) is 114 cm³/mol. The Labute approximate surface area is 162 Å². The van der Waals surface area contributed by atoms with E-state index in [1.165, 1.54) is 16.5 Å². The minimum absolute atomic E-state index is 0.897. The minimum atomic E-state index is 0.897. The van der Waals surface area contributed by atoms with Crippen LogP contribution >= 0.6 is 0 Å². The standard InChI is InChI=1S/C23H28N4/c1-5-26(6-2)17-19-9-8-10-23-22(19)15-21(27(23)7-3)13-14-24-20-12-11-18(4)25-16-20/h8-12,15-16,24H,5-7,17H2,1-4H3. The first-order chi connectivity index (χ1) is 13.2. The van der Waals surface area contributed by atoms with Crippen LogP contribution in [0.5, 0.6) is 0 Å². The number of hydrogen-bond donors (Lipinski definition) is 1. The molecule has 4 nitrogen and oxygen atoms in total.